The highest BCUT2D eigenvalue weighted by molar-refractivity contribution is 5.19. The number of hydrogen-bond donors (Lipinski definition) is 0. The highest BCUT2D eigenvalue weighted by atomic mass is 16.5. The Morgan fingerprint density at radius 3 is 1.56 bits per heavy atom. The van der Waals surface area contributed by atoms with Crippen LogP contribution in [0.2, 0.25) is 0 Å². The van der Waals surface area contributed by atoms with Crippen molar-refractivity contribution in [1.29, 1.82) is 0 Å². The molecule has 1 nitrogen and oxygen atoms in total. The fraction of sp³-hybridized carbons (Fsp3) is 0.692. The molecule has 1 heteroatoms. The van der Waals surface area contributed by atoms with Gasteiger partial charge >= 0.3 is 0 Å². The smallest absolute Gasteiger partial charge is 0.123 e. The molecule has 0 heterocycles. The summed E-state index contributed by atoms with van der Waals surface area (Å²) >= 11 is 0. The Labute approximate surface area is 168 Å². The standard InChI is InChI=1S/C26H38O/c1-7-11-23(17-21-13-9-15-25(3,4)19-21)27-24(12-8-2)18-22-14-10-16-26(5,6)20-22/h19-20,23-24H,9-10,13-18H2,1-6H3. The van der Waals surface area contributed by atoms with Gasteiger partial charge < -0.3 is 4.74 Å². The van der Waals surface area contributed by atoms with E-state index in [4.69, 9.17) is 4.74 Å². The molecular weight excluding hydrogens is 328 g/mol. The molecule has 0 aromatic rings. The molecule has 0 fully saturated rings. The fourth-order valence-corrected chi connectivity index (χ4v) is 4.52. The van der Waals surface area contributed by atoms with E-state index in [0.717, 1.165) is 12.8 Å². The van der Waals surface area contributed by atoms with Crippen LogP contribution in [-0.2, 0) is 4.74 Å². The third-order valence-corrected chi connectivity index (χ3v) is 5.66. The van der Waals surface area contributed by atoms with Crippen LogP contribution in [0.1, 0.15) is 92.9 Å². The first-order valence-corrected chi connectivity index (χ1v) is 10.6. The molecule has 0 spiro atoms. The lowest BCUT2D eigenvalue weighted by atomic mass is 9.78. The second-order valence-corrected chi connectivity index (χ2v) is 9.60. The van der Waals surface area contributed by atoms with E-state index in [1.165, 1.54) is 49.7 Å². The molecule has 0 radical (unpaired) electrons. The van der Waals surface area contributed by atoms with E-state index in [-0.39, 0.29) is 12.2 Å². The second kappa shape index (κ2) is 9.66. The zero-order chi connectivity index (χ0) is 19.9. The zero-order valence-corrected chi connectivity index (χ0v) is 18.4. The van der Waals surface area contributed by atoms with Crippen molar-refractivity contribution < 1.29 is 4.74 Å². The normalized spacial score (nSPS) is 22.9. The SMILES string of the molecule is CC#CC(CC1=CC(C)(C)CCC1)OC(C#CC)CC1=CC(C)(C)CCC1. The summed E-state index contributed by atoms with van der Waals surface area (Å²) in [7, 11) is 0. The predicted molar refractivity (Wildman–Crippen MR) is 116 cm³/mol. The summed E-state index contributed by atoms with van der Waals surface area (Å²) in [5.74, 6) is 12.8. The lowest BCUT2D eigenvalue weighted by molar-refractivity contribution is 0.0512. The summed E-state index contributed by atoms with van der Waals surface area (Å²) in [6, 6.07) is 0. The number of hydrogen-bond acceptors (Lipinski definition) is 1. The van der Waals surface area contributed by atoms with Crippen LogP contribution in [0.4, 0.5) is 0 Å². The van der Waals surface area contributed by atoms with Gasteiger partial charge in [0.05, 0.1) is 0 Å². The summed E-state index contributed by atoms with van der Waals surface area (Å²) in [6.07, 6.45) is 14.1. The van der Waals surface area contributed by atoms with Crippen molar-refractivity contribution in [3.8, 4) is 23.7 Å². The molecular formula is C26H38O. The van der Waals surface area contributed by atoms with E-state index >= 15 is 0 Å². The fourth-order valence-electron chi connectivity index (χ4n) is 4.52. The Bertz CT molecular complexity index is 621. The van der Waals surface area contributed by atoms with Gasteiger partial charge in [0.25, 0.3) is 0 Å². The van der Waals surface area contributed by atoms with Gasteiger partial charge in [-0.25, -0.2) is 0 Å². The molecule has 2 unspecified atom stereocenters. The van der Waals surface area contributed by atoms with Crippen molar-refractivity contribution in [3.05, 3.63) is 23.3 Å². The first kappa shape index (κ1) is 21.9. The van der Waals surface area contributed by atoms with E-state index in [9.17, 15) is 0 Å². The van der Waals surface area contributed by atoms with Crippen LogP contribution < -0.4 is 0 Å². The third kappa shape index (κ3) is 7.60. The maximum absolute atomic E-state index is 6.44. The van der Waals surface area contributed by atoms with Crippen molar-refractivity contribution in [2.24, 2.45) is 10.8 Å². The van der Waals surface area contributed by atoms with E-state index in [1.807, 2.05) is 13.8 Å². The Balaban J connectivity index is 2.08. The maximum Gasteiger partial charge on any atom is 0.123 e. The van der Waals surface area contributed by atoms with Crippen LogP contribution >= 0.6 is 0 Å². The molecule has 2 atom stereocenters. The monoisotopic (exact) mass is 366 g/mol. The molecule has 0 aromatic carbocycles. The minimum Gasteiger partial charge on any atom is -0.349 e. The number of rotatable bonds is 6. The molecule has 0 aromatic heterocycles. The molecule has 2 aliphatic rings. The average molecular weight is 367 g/mol. The van der Waals surface area contributed by atoms with Gasteiger partial charge in [0, 0.05) is 12.8 Å². The van der Waals surface area contributed by atoms with Gasteiger partial charge in [0.15, 0.2) is 0 Å². The molecule has 2 aliphatic carbocycles. The van der Waals surface area contributed by atoms with Crippen LogP contribution in [0, 0.1) is 34.5 Å². The van der Waals surface area contributed by atoms with E-state index in [2.05, 4.69) is 63.5 Å². The van der Waals surface area contributed by atoms with Gasteiger partial charge in [-0.2, -0.15) is 0 Å². The molecule has 0 saturated carbocycles. The molecule has 0 N–H and O–H groups in total. The number of ether oxygens (including phenoxy) is 1. The van der Waals surface area contributed by atoms with Gasteiger partial charge in [-0.1, -0.05) is 62.8 Å². The summed E-state index contributed by atoms with van der Waals surface area (Å²) in [4.78, 5) is 0. The molecule has 27 heavy (non-hydrogen) atoms. The van der Waals surface area contributed by atoms with Crippen LogP contribution in [0.5, 0.6) is 0 Å². The van der Waals surface area contributed by atoms with Gasteiger partial charge in [-0.05, 0) is 63.2 Å². The quantitative estimate of drug-likeness (QED) is 0.369. The van der Waals surface area contributed by atoms with Crippen LogP contribution in [-0.4, -0.2) is 12.2 Å². The van der Waals surface area contributed by atoms with Gasteiger partial charge in [-0.15, -0.1) is 11.8 Å². The Hall–Kier alpha value is -1.44. The molecule has 0 amide bonds. The first-order chi connectivity index (χ1) is 12.7. The first-order valence-electron chi connectivity index (χ1n) is 10.6. The summed E-state index contributed by atoms with van der Waals surface area (Å²) < 4.78 is 6.44. The van der Waals surface area contributed by atoms with Gasteiger partial charge in [0.1, 0.15) is 12.2 Å². The van der Waals surface area contributed by atoms with Crippen molar-refractivity contribution in [1.82, 2.24) is 0 Å². The minimum atomic E-state index is -0.0572. The Morgan fingerprint density at radius 2 is 1.22 bits per heavy atom. The van der Waals surface area contributed by atoms with Crippen LogP contribution in [0.15, 0.2) is 23.3 Å². The van der Waals surface area contributed by atoms with Gasteiger partial charge in [0.2, 0.25) is 0 Å². The van der Waals surface area contributed by atoms with Crippen molar-refractivity contribution in [2.75, 3.05) is 0 Å². The van der Waals surface area contributed by atoms with Crippen molar-refractivity contribution in [2.45, 2.75) is 105 Å². The highest BCUT2D eigenvalue weighted by Crippen LogP contribution is 2.36. The topological polar surface area (TPSA) is 9.23 Å². The van der Waals surface area contributed by atoms with Crippen LogP contribution in [0.3, 0.4) is 0 Å². The molecule has 0 saturated heterocycles. The number of allylic oxidation sites excluding steroid dienone is 2. The van der Waals surface area contributed by atoms with E-state index < -0.39 is 0 Å². The summed E-state index contributed by atoms with van der Waals surface area (Å²) in [5.41, 5.74) is 3.61. The lowest BCUT2D eigenvalue weighted by Crippen LogP contribution is -2.24. The average Bonchev–Trinajstić information content (AvgIpc) is 2.53. The second-order valence-electron chi connectivity index (χ2n) is 9.60. The zero-order valence-electron chi connectivity index (χ0n) is 18.4. The maximum atomic E-state index is 6.44. The Kier molecular flexibility index (Phi) is 7.82. The van der Waals surface area contributed by atoms with Crippen molar-refractivity contribution in [3.63, 3.8) is 0 Å². The van der Waals surface area contributed by atoms with E-state index in [1.54, 1.807) is 0 Å². The lowest BCUT2D eigenvalue weighted by Gasteiger charge is -2.30. The summed E-state index contributed by atoms with van der Waals surface area (Å²) in [5, 5.41) is 0. The molecule has 0 aliphatic heterocycles. The summed E-state index contributed by atoms with van der Waals surface area (Å²) in [6.45, 7) is 13.1. The third-order valence-electron chi connectivity index (χ3n) is 5.66. The molecule has 0 bridgehead atoms. The predicted octanol–water partition coefficient (Wildman–Crippen LogP) is 6.84. The Morgan fingerprint density at radius 1 is 0.815 bits per heavy atom. The highest BCUT2D eigenvalue weighted by Gasteiger charge is 2.25. The molecule has 148 valence electrons. The van der Waals surface area contributed by atoms with Crippen LogP contribution in [0.25, 0.3) is 0 Å². The van der Waals surface area contributed by atoms with Crippen molar-refractivity contribution >= 4 is 0 Å². The van der Waals surface area contributed by atoms with E-state index in [0.29, 0.717) is 10.8 Å². The largest absolute Gasteiger partial charge is 0.349 e. The minimum absolute atomic E-state index is 0.0572. The molecule has 2 rings (SSSR count). The van der Waals surface area contributed by atoms with Gasteiger partial charge in [-0.3, -0.25) is 0 Å².